The first kappa shape index (κ1) is 15.9. The predicted octanol–water partition coefficient (Wildman–Crippen LogP) is 2.43. The summed E-state index contributed by atoms with van der Waals surface area (Å²) in [4.78, 5) is 22.4. The minimum atomic E-state index is -0.124. The Morgan fingerprint density at radius 2 is 2.12 bits per heavy atom. The van der Waals surface area contributed by atoms with Crippen LogP contribution in [0.25, 0.3) is 0 Å². The number of carbonyl (C=O) groups excluding carboxylic acids is 1. The van der Waals surface area contributed by atoms with E-state index >= 15 is 0 Å². The van der Waals surface area contributed by atoms with Gasteiger partial charge in [0.15, 0.2) is 0 Å². The zero-order valence-electron chi connectivity index (χ0n) is 13.6. The fourth-order valence-corrected chi connectivity index (χ4v) is 2.88. The van der Waals surface area contributed by atoms with Gasteiger partial charge in [-0.25, -0.2) is 9.97 Å². The van der Waals surface area contributed by atoms with Gasteiger partial charge in [-0.2, -0.15) is 5.26 Å². The summed E-state index contributed by atoms with van der Waals surface area (Å²) < 4.78 is 0. The molecule has 6 heteroatoms. The molecule has 1 saturated heterocycles. The molecule has 2 aromatic rings. The highest BCUT2D eigenvalue weighted by Gasteiger charge is 2.24. The van der Waals surface area contributed by atoms with Gasteiger partial charge >= 0.3 is 0 Å². The lowest BCUT2D eigenvalue weighted by atomic mass is 10.1. The molecule has 1 aliphatic heterocycles. The molecular formula is C18H19N5O. The van der Waals surface area contributed by atoms with Gasteiger partial charge in [0.05, 0.1) is 6.04 Å². The summed E-state index contributed by atoms with van der Waals surface area (Å²) >= 11 is 0. The van der Waals surface area contributed by atoms with E-state index in [0.29, 0.717) is 24.6 Å². The van der Waals surface area contributed by atoms with Crippen molar-refractivity contribution in [1.82, 2.24) is 14.9 Å². The highest BCUT2D eigenvalue weighted by molar-refractivity contribution is 5.78. The Morgan fingerprint density at radius 1 is 1.33 bits per heavy atom. The molecular weight excluding hydrogens is 302 g/mol. The van der Waals surface area contributed by atoms with E-state index in [0.717, 1.165) is 24.2 Å². The normalized spacial score (nSPS) is 15.2. The smallest absolute Gasteiger partial charge is 0.224 e. The van der Waals surface area contributed by atoms with E-state index < -0.39 is 0 Å². The summed E-state index contributed by atoms with van der Waals surface area (Å²) in [5.74, 6) is 0.590. The zero-order chi connectivity index (χ0) is 16.9. The molecule has 1 aromatic heterocycles. The van der Waals surface area contributed by atoms with Gasteiger partial charge in [-0.3, -0.25) is 4.79 Å². The maximum absolute atomic E-state index is 12.0. The molecule has 1 N–H and O–H groups in total. The van der Waals surface area contributed by atoms with Crippen LogP contribution in [0.1, 0.15) is 35.8 Å². The predicted molar refractivity (Wildman–Crippen MR) is 90.1 cm³/mol. The van der Waals surface area contributed by atoms with Crippen molar-refractivity contribution in [3.8, 4) is 6.07 Å². The molecule has 1 fully saturated rings. The number of nitrogens with one attached hydrogen (secondary N) is 1. The van der Waals surface area contributed by atoms with Gasteiger partial charge in [-0.15, -0.1) is 0 Å². The third-order valence-corrected chi connectivity index (χ3v) is 4.05. The second-order valence-electron chi connectivity index (χ2n) is 5.88. The van der Waals surface area contributed by atoms with E-state index in [-0.39, 0.29) is 11.9 Å². The van der Waals surface area contributed by atoms with Crippen molar-refractivity contribution in [3.05, 3.63) is 53.3 Å². The van der Waals surface area contributed by atoms with Gasteiger partial charge in [0.2, 0.25) is 11.9 Å². The van der Waals surface area contributed by atoms with Crippen molar-refractivity contribution >= 4 is 11.9 Å². The number of likely N-dealkylation sites (tertiary alicyclic amines) is 1. The summed E-state index contributed by atoms with van der Waals surface area (Å²) in [5, 5.41) is 12.4. The Balaban J connectivity index is 1.86. The van der Waals surface area contributed by atoms with Crippen LogP contribution >= 0.6 is 0 Å². The van der Waals surface area contributed by atoms with E-state index in [1.54, 1.807) is 6.07 Å². The Bertz CT molecular complexity index is 769. The SMILES string of the molecule is Cc1cc(C#N)nc(N[C@@H](CN2CCCC2=O)c2ccccc2)n1. The topological polar surface area (TPSA) is 81.9 Å². The number of hydrogen-bond acceptors (Lipinski definition) is 5. The van der Waals surface area contributed by atoms with Crippen LogP contribution in [-0.2, 0) is 4.79 Å². The summed E-state index contributed by atoms with van der Waals surface area (Å²) in [5.41, 5.74) is 2.11. The van der Waals surface area contributed by atoms with E-state index in [2.05, 4.69) is 15.3 Å². The Kier molecular flexibility index (Phi) is 4.71. The number of nitrogens with zero attached hydrogens (tertiary/aromatic N) is 4. The summed E-state index contributed by atoms with van der Waals surface area (Å²) in [7, 11) is 0. The van der Waals surface area contributed by atoms with Gasteiger partial charge in [0.1, 0.15) is 11.8 Å². The van der Waals surface area contributed by atoms with Crippen molar-refractivity contribution < 1.29 is 4.79 Å². The number of aryl methyl sites for hydroxylation is 1. The number of carbonyl (C=O) groups is 1. The molecule has 0 unspecified atom stereocenters. The number of hydrogen-bond donors (Lipinski definition) is 1. The molecule has 24 heavy (non-hydrogen) atoms. The fraction of sp³-hybridized carbons (Fsp3) is 0.333. The third-order valence-electron chi connectivity index (χ3n) is 4.05. The average molecular weight is 321 g/mol. The van der Waals surface area contributed by atoms with Crippen molar-refractivity contribution in [1.29, 1.82) is 5.26 Å². The van der Waals surface area contributed by atoms with Crippen LogP contribution in [0.4, 0.5) is 5.95 Å². The second kappa shape index (κ2) is 7.09. The second-order valence-corrected chi connectivity index (χ2v) is 5.88. The van der Waals surface area contributed by atoms with Crippen LogP contribution in [0.5, 0.6) is 0 Å². The van der Waals surface area contributed by atoms with E-state index in [1.165, 1.54) is 0 Å². The first-order valence-electron chi connectivity index (χ1n) is 8.01. The number of amides is 1. The molecule has 1 aromatic carbocycles. The molecule has 1 atom stereocenters. The van der Waals surface area contributed by atoms with Crippen molar-refractivity contribution in [2.75, 3.05) is 18.4 Å². The minimum absolute atomic E-state index is 0.124. The number of anilines is 1. The summed E-state index contributed by atoms with van der Waals surface area (Å²) in [6.45, 7) is 3.17. The van der Waals surface area contributed by atoms with Crippen LogP contribution in [0.15, 0.2) is 36.4 Å². The zero-order valence-corrected chi connectivity index (χ0v) is 13.6. The largest absolute Gasteiger partial charge is 0.346 e. The highest BCUT2D eigenvalue weighted by Crippen LogP contribution is 2.22. The van der Waals surface area contributed by atoms with Crippen LogP contribution < -0.4 is 5.32 Å². The Labute approximate surface area is 141 Å². The van der Waals surface area contributed by atoms with Gasteiger partial charge in [0, 0.05) is 25.2 Å². The molecule has 0 bridgehead atoms. The number of rotatable bonds is 5. The number of aromatic nitrogens is 2. The van der Waals surface area contributed by atoms with E-state index in [4.69, 9.17) is 5.26 Å². The van der Waals surface area contributed by atoms with Crippen molar-refractivity contribution in [2.45, 2.75) is 25.8 Å². The van der Waals surface area contributed by atoms with Gasteiger partial charge in [-0.05, 0) is 25.0 Å². The van der Waals surface area contributed by atoms with Gasteiger partial charge in [-0.1, -0.05) is 30.3 Å². The highest BCUT2D eigenvalue weighted by atomic mass is 16.2. The third kappa shape index (κ3) is 3.69. The number of nitriles is 1. The number of benzene rings is 1. The minimum Gasteiger partial charge on any atom is -0.346 e. The monoisotopic (exact) mass is 321 g/mol. The molecule has 0 saturated carbocycles. The van der Waals surface area contributed by atoms with Crippen LogP contribution in [0.2, 0.25) is 0 Å². The fourth-order valence-electron chi connectivity index (χ4n) is 2.88. The molecule has 3 rings (SSSR count). The Morgan fingerprint density at radius 3 is 2.79 bits per heavy atom. The molecule has 122 valence electrons. The average Bonchev–Trinajstić information content (AvgIpc) is 2.99. The van der Waals surface area contributed by atoms with Crippen molar-refractivity contribution in [3.63, 3.8) is 0 Å². The molecule has 0 aliphatic carbocycles. The molecule has 1 amide bonds. The van der Waals surface area contributed by atoms with Crippen LogP contribution in [0, 0.1) is 18.3 Å². The van der Waals surface area contributed by atoms with Gasteiger partial charge < -0.3 is 10.2 Å². The maximum Gasteiger partial charge on any atom is 0.224 e. The molecule has 0 spiro atoms. The first-order chi connectivity index (χ1) is 11.7. The lowest BCUT2D eigenvalue weighted by molar-refractivity contribution is -0.127. The van der Waals surface area contributed by atoms with Crippen LogP contribution in [-0.4, -0.2) is 33.9 Å². The molecule has 0 radical (unpaired) electrons. The van der Waals surface area contributed by atoms with Crippen LogP contribution in [0.3, 0.4) is 0 Å². The lowest BCUT2D eigenvalue weighted by Gasteiger charge is -2.25. The molecule has 1 aliphatic rings. The van der Waals surface area contributed by atoms with Crippen molar-refractivity contribution in [2.24, 2.45) is 0 Å². The maximum atomic E-state index is 12.0. The molecule has 2 heterocycles. The quantitative estimate of drug-likeness (QED) is 0.914. The van der Waals surface area contributed by atoms with Gasteiger partial charge in [0.25, 0.3) is 0 Å². The molecule has 6 nitrogen and oxygen atoms in total. The summed E-state index contributed by atoms with van der Waals surface area (Å²) in [6.07, 6.45) is 1.51. The first-order valence-corrected chi connectivity index (χ1v) is 8.01. The standard InChI is InChI=1S/C18H19N5O/c1-13-10-15(11-19)21-18(20-13)22-16(14-6-3-2-4-7-14)12-23-9-5-8-17(23)24/h2-4,6-7,10,16H,5,8-9,12H2,1H3,(H,20,21,22)/t16-/m0/s1. The van der Waals surface area contributed by atoms with E-state index in [1.807, 2.05) is 48.2 Å². The van der Waals surface area contributed by atoms with E-state index in [9.17, 15) is 4.79 Å². The Hall–Kier alpha value is -2.94. The lowest BCUT2D eigenvalue weighted by Crippen LogP contribution is -2.33. The summed E-state index contributed by atoms with van der Waals surface area (Å²) in [6, 6.07) is 13.5.